The van der Waals surface area contributed by atoms with E-state index in [2.05, 4.69) is 5.32 Å². The van der Waals surface area contributed by atoms with Gasteiger partial charge in [-0.25, -0.2) is 9.69 Å². The van der Waals surface area contributed by atoms with Gasteiger partial charge in [0.05, 0.1) is 27.8 Å². The topological polar surface area (TPSA) is 128 Å². The Bertz CT molecular complexity index is 1470. The Labute approximate surface area is 220 Å². The fourth-order valence-corrected chi connectivity index (χ4v) is 3.77. The van der Waals surface area contributed by atoms with Gasteiger partial charge in [0.1, 0.15) is 23.7 Å². The maximum atomic E-state index is 13.2. The van der Waals surface area contributed by atoms with Crippen LogP contribution in [0.1, 0.15) is 11.1 Å². The number of nitro benzene ring substituents is 1. The van der Waals surface area contributed by atoms with Gasteiger partial charge < -0.3 is 9.47 Å². The number of urea groups is 1. The van der Waals surface area contributed by atoms with Crippen LogP contribution in [0.2, 0.25) is 10.0 Å². The third kappa shape index (κ3) is 5.55. The van der Waals surface area contributed by atoms with Gasteiger partial charge in [0, 0.05) is 23.8 Å². The summed E-state index contributed by atoms with van der Waals surface area (Å²) in [6.45, 7) is -0.0426. The highest BCUT2D eigenvalue weighted by atomic mass is 35.5. The van der Waals surface area contributed by atoms with Crippen LogP contribution < -0.4 is 19.7 Å². The number of hydrogen-bond donors (Lipinski definition) is 1. The Morgan fingerprint density at radius 2 is 1.81 bits per heavy atom. The van der Waals surface area contributed by atoms with Crippen molar-refractivity contribution in [1.82, 2.24) is 5.32 Å². The number of imide groups is 2. The number of ether oxygens (including phenoxy) is 2. The van der Waals surface area contributed by atoms with E-state index in [9.17, 15) is 24.5 Å². The van der Waals surface area contributed by atoms with Crippen molar-refractivity contribution in [3.8, 4) is 11.5 Å². The van der Waals surface area contributed by atoms with E-state index in [1.807, 2.05) is 0 Å². The number of amides is 4. The van der Waals surface area contributed by atoms with Crippen molar-refractivity contribution in [1.29, 1.82) is 0 Å². The molecule has 3 aromatic carbocycles. The van der Waals surface area contributed by atoms with Crippen LogP contribution in [0.5, 0.6) is 11.5 Å². The molecule has 0 spiro atoms. The van der Waals surface area contributed by atoms with Gasteiger partial charge in [0.25, 0.3) is 17.5 Å². The minimum atomic E-state index is -0.942. The van der Waals surface area contributed by atoms with Crippen LogP contribution in [-0.4, -0.2) is 29.9 Å². The van der Waals surface area contributed by atoms with Crippen molar-refractivity contribution in [3.05, 3.63) is 97.5 Å². The lowest BCUT2D eigenvalue weighted by Gasteiger charge is -2.26. The van der Waals surface area contributed by atoms with Crippen molar-refractivity contribution >= 4 is 58.5 Å². The number of non-ortho nitro benzene ring substituents is 1. The van der Waals surface area contributed by atoms with Gasteiger partial charge in [-0.1, -0.05) is 35.3 Å². The molecule has 0 aromatic heterocycles. The molecule has 1 aliphatic rings. The number of carbonyl (C=O) groups excluding carboxylic acids is 3. The molecule has 188 valence electrons. The third-order valence-corrected chi connectivity index (χ3v) is 6.04. The van der Waals surface area contributed by atoms with Gasteiger partial charge in [0.15, 0.2) is 0 Å². The summed E-state index contributed by atoms with van der Waals surface area (Å²) in [4.78, 5) is 49.6. The average Bonchev–Trinajstić information content (AvgIpc) is 2.87. The summed E-state index contributed by atoms with van der Waals surface area (Å²) in [7, 11) is 1.46. The van der Waals surface area contributed by atoms with Gasteiger partial charge in [-0.05, 0) is 42.0 Å². The first-order valence-electron chi connectivity index (χ1n) is 10.6. The number of barbiturate groups is 1. The minimum Gasteiger partial charge on any atom is -0.497 e. The highest BCUT2D eigenvalue weighted by molar-refractivity contribution is 6.43. The predicted molar refractivity (Wildman–Crippen MR) is 136 cm³/mol. The van der Waals surface area contributed by atoms with Crippen LogP contribution in [0, 0.1) is 10.1 Å². The van der Waals surface area contributed by atoms with Crippen molar-refractivity contribution in [2.24, 2.45) is 0 Å². The predicted octanol–water partition coefficient (Wildman–Crippen LogP) is 5.16. The van der Waals surface area contributed by atoms with Crippen molar-refractivity contribution in [3.63, 3.8) is 0 Å². The number of benzene rings is 3. The average molecular weight is 542 g/mol. The van der Waals surface area contributed by atoms with Gasteiger partial charge in [-0.15, -0.1) is 0 Å². The molecular weight excluding hydrogens is 525 g/mol. The fourth-order valence-electron chi connectivity index (χ4n) is 3.48. The first-order chi connectivity index (χ1) is 17.7. The molecule has 0 atom stereocenters. The molecule has 3 aromatic rings. The number of nitrogens with zero attached hydrogens (tertiary/aromatic N) is 2. The highest BCUT2D eigenvalue weighted by Gasteiger charge is 2.37. The maximum absolute atomic E-state index is 13.2. The van der Waals surface area contributed by atoms with E-state index in [0.29, 0.717) is 16.9 Å². The zero-order chi connectivity index (χ0) is 26.7. The Morgan fingerprint density at radius 3 is 2.51 bits per heavy atom. The SMILES string of the molecule is COc1ccc(/C=C2\C(=O)NC(=O)N(c3ccc(Cl)c(Cl)c3)C2=O)c(OCc2cccc([N+](=O)[O-])c2)c1. The van der Waals surface area contributed by atoms with Gasteiger partial charge in [-0.2, -0.15) is 0 Å². The number of carbonyl (C=O) groups is 3. The molecule has 1 heterocycles. The van der Waals surface area contributed by atoms with Crippen LogP contribution in [0.4, 0.5) is 16.2 Å². The number of nitrogens with one attached hydrogen (secondary N) is 1. The summed E-state index contributed by atoms with van der Waals surface area (Å²) in [5.74, 6) is -1.11. The van der Waals surface area contributed by atoms with Crippen LogP contribution in [-0.2, 0) is 16.2 Å². The maximum Gasteiger partial charge on any atom is 0.335 e. The molecule has 1 N–H and O–H groups in total. The number of nitro groups is 1. The van der Waals surface area contributed by atoms with Gasteiger partial charge in [-0.3, -0.25) is 25.0 Å². The lowest BCUT2D eigenvalue weighted by atomic mass is 10.1. The molecule has 0 saturated carbocycles. The van der Waals surface area contributed by atoms with Crippen LogP contribution >= 0.6 is 23.2 Å². The Kier molecular flexibility index (Phi) is 7.42. The van der Waals surface area contributed by atoms with Crippen LogP contribution in [0.3, 0.4) is 0 Å². The quantitative estimate of drug-likeness (QED) is 0.189. The standard InChI is InChI=1S/C25H17Cl2N3O7/c1-36-18-7-5-15(22(12-18)37-13-14-3-2-4-17(9-14)30(34)35)10-19-23(31)28-25(33)29(24(19)32)16-6-8-20(26)21(27)11-16/h2-12H,13H2,1H3,(H,28,31,33)/b19-10+. The van der Waals surface area contributed by atoms with Gasteiger partial charge >= 0.3 is 6.03 Å². The molecule has 1 fully saturated rings. The normalized spacial score (nSPS) is 14.5. The molecule has 0 unspecified atom stereocenters. The fraction of sp³-hybridized carbons (Fsp3) is 0.0800. The number of methoxy groups -OCH3 is 1. The lowest BCUT2D eigenvalue weighted by Crippen LogP contribution is -2.54. The van der Waals surface area contributed by atoms with E-state index in [1.165, 1.54) is 55.7 Å². The van der Waals surface area contributed by atoms with E-state index in [-0.39, 0.29) is 39.3 Å². The Balaban J connectivity index is 1.68. The number of halogens is 2. The number of anilines is 1. The van der Waals surface area contributed by atoms with Crippen LogP contribution in [0.15, 0.2) is 66.2 Å². The van der Waals surface area contributed by atoms with Crippen molar-refractivity contribution in [2.75, 3.05) is 12.0 Å². The Hall–Kier alpha value is -4.41. The van der Waals surface area contributed by atoms with Crippen molar-refractivity contribution in [2.45, 2.75) is 6.61 Å². The first-order valence-corrected chi connectivity index (χ1v) is 11.3. The zero-order valence-electron chi connectivity index (χ0n) is 19.1. The summed E-state index contributed by atoms with van der Waals surface area (Å²) in [5, 5.41) is 13.5. The minimum absolute atomic E-state index is 0.0426. The summed E-state index contributed by atoms with van der Waals surface area (Å²) < 4.78 is 11.1. The summed E-state index contributed by atoms with van der Waals surface area (Å²) in [5.41, 5.74) is 0.542. The molecule has 10 nitrogen and oxygen atoms in total. The summed E-state index contributed by atoms with van der Waals surface area (Å²) in [6, 6.07) is 13.8. The molecule has 4 rings (SSSR count). The molecule has 1 aliphatic heterocycles. The van der Waals surface area contributed by atoms with E-state index in [0.717, 1.165) is 4.90 Å². The molecule has 37 heavy (non-hydrogen) atoms. The molecule has 0 aliphatic carbocycles. The van der Waals surface area contributed by atoms with Crippen LogP contribution in [0.25, 0.3) is 6.08 Å². The second-order valence-electron chi connectivity index (χ2n) is 7.68. The zero-order valence-corrected chi connectivity index (χ0v) is 20.6. The third-order valence-electron chi connectivity index (χ3n) is 5.30. The lowest BCUT2D eigenvalue weighted by molar-refractivity contribution is -0.384. The molecule has 0 radical (unpaired) electrons. The number of hydrogen-bond acceptors (Lipinski definition) is 7. The summed E-state index contributed by atoms with van der Waals surface area (Å²) >= 11 is 12.0. The van der Waals surface area contributed by atoms with Gasteiger partial charge in [0.2, 0.25) is 0 Å². The second-order valence-corrected chi connectivity index (χ2v) is 8.49. The molecule has 4 amide bonds. The first kappa shape index (κ1) is 25.7. The molecular formula is C25H17Cl2N3O7. The second kappa shape index (κ2) is 10.7. The largest absolute Gasteiger partial charge is 0.497 e. The Morgan fingerprint density at radius 1 is 1.03 bits per heavy atom. The van der Waals surface area contributed by atoms with Crippen molar-refractivity contribution < 1.29 is 28.8 Å². The van der Waals surface area contributed by atoms with E-state index < -0.39 is 22.8 Å². The smallest absolute Gasteiger partial charge is 0.335 e. The molecule has 1 saturated heterocycles. The number of rotatable bonds is 7. The molecule has 0 bridgehead atoms. The van der Waals surface area contributed by atoms with E-state index in [4.69, 9.17) is 32.7 Å². The summed E-state index contributed by atoms with van der Waals surface area (Å²) in [6.07, 6.45) is 1.27. The highest BCUT2D eigenvalue weighted by Crippen LogP contribution is 2.32. The monoisotopic (exact) mass is 541 g/mol. The van der Waals surface area contributed by atoms with E-state index >= 15 is 0 Å². The van der Waals surface area contributed by atoms with E-state index in [1.54, 1.807) is 18.2 Å². The molecule has 12 heteroatoms.